The van der Waals surface area contributed by atoms with Crippen LogP contribution in [0.25, 0.3) is 0 Å². The normalized spacial score (nSPS) is 15.1. The molecular formula is C11H13FN2O. The second-order valence-electron chi connectivity index (χ2n) is 3.68. The van der Waals surface area contributed by atoms with E-state index >= 15 is 0 Å². The van der Waals surface area contributed by atoms with E-state index < -0.39 is 0 Å². The molecule has 0 bridgehead atoms. The molecule has 2 N–H and O–H groups in total. The molecule has 1 saturated carbocycles. The molecule has 4 heteroatoms. The summed E-state index contributed by atoms with van der Waals surface area (Å²) in [6.45, 7) is -0.00607. The maximum absolute atomic E-state index is 12.7. The van der Waals surface area contributed by atoms with Crippen LogP contribution in [0.2, 0.25) is 0 Å². The second kappa shape index (κ2) is 3.98. The zero-order chi connectivity index (χ0) is 10.8. The lowest BCUT2D eigenvalue weighted by molar-refractivity contribution is -0.117. The molecule has 0 atom stereocenters. The maximum atomic E-state index is 12.7. The van der Waals surface area contributed by atoms with Crippen LogP contribution in [-0.4, -0.2) is 18.5 Å². The third kappa shape index (κ3) is 2.15. The molecule has 15 heavy (non-hydrogen) atoms. The highest BCUT2D eigenvalue weighted by molar-refractivity contribution is 5.95. The Kier molecular flexibility index (Phi) is 2.68. The first kappa shape index (κ1) is 10.1. The Bertz CT molecular complexity index is 359. The van der Waals surface area contributed by atoms with Crippen LogP contribution in [0.1, 0.15) is 12.8 Å². The summed E-state index contributed by atoms with van der Waals surface area (Å²) in [6.07, 6.45) is 2.01. The number of nitrogens with zero attached hydrogens (tertiary/aromatic N) is 1. The zero-order valence-corrected chi connectivity index (χ0v) is 8.32. The zero-order valence-electron chi connectivity index (χ0n) is 8.32. The lowest BCUT2D eigenvalue weighted by atomic mass is 10.2. The van der Waals surface area contributed by atoms with E-state index in [1.807, 2.05) is 0 Å². The highest BCUT2D eigenvalue weighted by atomic mass is 19.1. The molecule has 0 aliphatic heterocycles. The summed E-state index contributed by atoms with van der Waals surface area (Å²) in [6, 6.07) is 6.19. The van der Waals surface area contributed by atoms with Crippen molar-refractivity contribution in [1.29, 1.82) is 0 Å². The van der Waals surface area contributed by atoms with Gasteiger partial charge in [-0.05, 0) is 37.1 Å². The minimum absolute atomic E-state index is 0.00607. The van der Waals surface area contributed by atoms with Crippen LogP contribution in [0.15, 0.2) is 24.3 Å². The predicted molar refractivity (Wildman–Crippen MR) is 56.0 cm³/mol. The van der Waals surface area contributed by atoms with Gasteiger partial charge in [-0.3, -0.25) is 4.79 Å². The number of carbonyl (C=O) groups is 1. The van der Waals surface area contributed by atoms with Crippen LogP contribution < -0.4 is 10.6 Å². The number of halogens is 1. The molecule has 1 aromatic rings. The van der Waals surface area contributed by atoms with Gasteiger partial charge in [0.2, 0.25) is 5.91 Å². The lowest BCUT2D eigenvalue weighted by Gasteiger charge is -2.21. The van der Waals surface area contributed by atoms with Crippen LogP contribution in [0.4, 0.5) is 10.1 Å². The average Bonchev–Trinajstić information content (AvgIpc) is 3.05. The van der Waals surface area contributed by atoms with Gasteiger partial charge in [-0.1, -0.05) is 0 Å². The standard InChI is InChI=1S/C11H13FN2O/c12-8-1-3-9(4-2-8)14(10-5-6-10)11(15)7-13/h1-4,10H,5-7,13H2. The van der Waals surface area contributed by atoms with E-state index in [4.69, 9.17) is 5.73 Å². The van der Waals surface area contributed by atoms with Gasteiger partial charge in [0, 0.05) is 11.7 Å². The molecule has 1 amide bonds. The molecule has 1 aliphatic carbocycles. The number of amides is 1. The van der Waals surface area contributed by atoms with Gasteiger partial charge in [-0.25, -0.2) is 4.39 Å². The predicted octanol–water partition coefficient (Wildman–Crippen LogP) is 1.28. The van der Waals surface area contributed by atoms with Crippen molar-refractivity contribution in [2.24, 2.45) is 5.73 Å². The van der Waals surface area contributed by atoms with Crippen LogP contribution in [0.3, 0.4) is 0 Å². The molecule has 0 spiro atoms. The van der Waals surface area contributed by atoms with E-state index in [1.165, 1.54) is 12.1 Å². The molecule has 0 radical (unpaired) electrons. The van der Waals surface area contributed by atoms with E-state index in [2.05, 4.69) is 0 Å². The number of nitrogens with two attached hydrogens (primary N) is 1. The Morgan fingerprint density at radius 3 is 2.47 bits per heavy atom. The average molecular weight is 208 g/mol. The quantitative estimate of drug-likeness (QED) is 0.813. The summed E-state index contributed by atoms with van der Waals surface area (Å²) in [5, 5.41) is 0. The van der Waals surface area contributed by atoms with Gasteiger partial charge < -0.3 is 10.6 Å². The topological polar surface area (TPSA) is 46.3 Å². The van der Waals surface area contributed by atoms with Crippen molar-refractivity contribution in [2.75, 3.05) is 11.4 Å². The molecule has 3 nitrogen and oxygen atoms in total. The Morgan fingerprint density at radius 2 is 2.00 bits per heavy atom. The van der Waals surface area contributed by atoms with Gasteiger partial charge in [0.15, 0.2) is 0 Å². The minimum Gasteiger partial charge on any atom is -0.322 e. The molecule has 0 heterocycles. The lowest BCUT2D eigenvalue weighted by Crippen LogP contribution is -2.37. The highest BCUT2D eigenvalue weighted by Gasteiger charge is 2.32. The summed E-state index contributed by atoms with van der Waals surface area (Å²) >= 11 is 0. The summed E-state index contributed by atoms with van der Waals surface area (Å²) < 4.78 is 12.7. The third-order valence-corrected chi connectivity index (χ3v) is 2.46. The van der Waals surface area contributed by atoms with E-state index in [9.17, 15) is 9.18 Å². The van der Waals surface area contributed by atoms with Gasteiger partial charge in [0.1, 0.15) is 5.82 Å². The molecule has 0 aromatic heterocycles. The summed E-state index contributed by atoms with van der Waals surface area (Å²) in [5.74, 6) is -0.404. The SMILES string of the molecule is NCC(=O)N(c1ccc(F)cc1)C1CC1. The Labute approximate surface area is 87.7 Å². The fraction of sp³-hybridized carbons (Fsp3) is 0.364. The maximum Gasteiger partial charge on any atom is 0.240 e. The van der Waals surface area contributed by atoms with Gasteiger partial charge >= 0.3 is 0 Å². The summed E-state index contributed by atoms with van der Waals surface area (Å²) in [7, 11) is 0. The van der Waals surface area contributed by atoms with Gasteiger partial charge in [0.25, 0.3) is 0 Å². The largest absolute Gasteiger partial charge is 0.322 e. The van der Waals surface area contributed by atoms with Crippen LogP contribution >= 0.6 is 0 Å². The van der Waals surface area contributed by atoms with Crippen molar-refractivity contribution < 1.29 is 9.18 Å². The fourth-order valence-corrected chi connectivity index (χ4v) is 1.59. The third-order valence-electron chi connectivity index (χ3n) is 2.46. The molecule has 0 saturated heterocycles. The van der Waals surface area contributed by atoms with Gasteiger partial charge in [0.05, 0.1) is 6.54 Å². The van der Waals surface area contributed by atoms with E-state index in [0.29, 0.717) is 0 Å². The molecule has 1 aliphatic rings. The Morgan fingerprint density at radius 1 is 1.40 bits per heavy atom. The van der Waals surface area contributed by atoms with Crippen molar-refractivity contribution in [1.82, 2.24) is 0 Å². The van der Waals surface area contributed by atoms with Crippen molar-refractivity contribution in [3.8, 4) is 0 Å². The molecule has 2 rings (SSSR count). The van der Waals surface area contributed by atoms with Crippen molar-refractivity contribution in [3.63, 3.8) is 0 Å². The van der Waals surface area contributed by atoms with Crippen molar-refractivity contribution in [2.45, 2.75) is 18.9 Å². The smallest absolute Gasteiger partial charge is 0.240 e. The number of carbonyl (C=O) groups excluding carboxylic acids is 1. The first-order chi connectivity index (χ1) is 7.22. The van der Waals surface area contributed by atoms with Crippen molar-refractivity contribution in [3.05, 3.63) is 30.1 Å². The molecule has 1 fully saturated rings. The van der Waals surface area contributed by atoms with E-state index in [-0.39, 0.29) is 24.3 Å². The summed E-state index contributed by atoms with van der Waals surface area (Å²) in [5.41, 5.74) is 6.07. The molecular weight excluding hydrogens is 195 g/mol. The van der Waals surface area contributed by atoms with Crippen LogP contribution in [-0.2, 0) is 4.79 Å². The summed E-state index contributed by atoms with van der Waals surface area (Å²) in [4.78, 5) is 13.3. The first-order valence-corrected chi connectivity index (χ1v) is 5.00. The molecule has 0 unspecified atom stereocenters. The molecule has 1 aromatic carbocycles. The van der Waals surface area contributed by atoms with Gasteiger partial charge in [-0.2, -0.15) is 0 Å². The van der Waals surface area contributed by atoms with Gasteiger partial charge in [-0.15, -0.1) is 0 Å². The van der Waals surface area contributed by atoms with Crippen molar-refractivity contribution >= 4 is 11.6 Å². The number of anilines is 1. The number of benzene rings is 1. The monoisotopic (exact) mass is 208 g/mol. The van der Waals surface area contributed by atoms with Crippen LogP contribution in [0.5, 0.6) is 0 Å². The number of hydrogen-bond donors (Lipinski definition) is 1. The number of rotatable bonds is 3. The Balaban J connectivity index is 2.24. The highest BCUT2D eigenvalue weighted by Crippen LogP contribution is 2.31. The fourth-order valence-electron chi connectivity index (χ4n) is 1.59. The van der Waals surface area contributed by atoms with E-state index in [1.54, 1.807) is 17.0 Å². The minimum atomic E-state index is -0.297. The molecule has 80 valence electrons. The first-order valence-electron chi connectivity index (χ1n) is 5.00. The van der Waals surface area contributed by atoms with E-state index in [0.717, 1.165) is 18.5 Å². The number of hydrogen-bond acceptors (Lipinski definition) is 2. The Hall–Kier alpha value is -1.42. The second-order valence-corrected chi connectivity index (χ2v) is 3.68. The van der Waals surface area contributed by atoms with Crippen LogP contribution in [0, 0.1) is 5.82 Å².